The second-order valence-corrected chi connectivity index (χ2v) is 7.58. The van der Waals surface area contributed by atoms with Crippen molar-refractivity contribution in [1.29, 1.82) is 0 Å². The van der Waals surface area contributed by atoms with Gasteiger partial charge in [-0.1, -0.05) is 18.2 Å². The second-order valence-electron chi connectivity index (χ2n) is 6.50. The molecule has 0 saturated carbocycles. The molecule has 4 rings (SSSR count). The molecule has 2 amide bonds. The molecule has 144 valence electrons. The Labute approximate surface area is 164 Å². The van der Waals surface area contributed by atoms with Crippen LogP contribution in [0.4, 0.5) is 0 Å². The molecule has 1 saturated heterocycles. The lowest BCUT2D eigenvalue weighted by molar-refractivity contribution is -0.127. The van der Waals surface area contributed by atoms with Gasteiger partial charge in [0.15, 0.2) is 5.78 Å². The van der Waals surface area contributed by atoms with Gasteiger partial charge in [0.05, 0.1) is 17.8 Å². The molecule has 1 unspecified atom stereocenters. The molecule has 9 heteroatoms. The minimum absolute atomic E-state index is 0.00962. The van der Waals surface area contributed by atoms with E-state index in [9.17, 15) is 14.4 Å². The molecule has 3 N–H and O–H groups in total. The van der Waals surface area contributed by atoms with E-state index in [0.717, 1.165) is 10.1 Å². The van der Waals surface area contributed by atoms with Crippen molar-refractivity contribution in [3.63, 3.8) is 0 Å². The lowest BCUT2D eigenvalue weighted by atomic mass is 10.1. The third-order valence-corrected chi connectivity index (χ3v) is 5.60. The highest BCUT2D eigenvalue weighted by atomic mass is 32.1. The third kappa shape index (κ3) is 3.95. The summed E-state index contributed by atoms with van der Waals surface area (Å²) in [6, 6.07) is 7.96. The summed E-state index contributed by atoms with van der Waals surface area (Å²) in [7, 11) is 0. The number of Topliss-reactive ketones (excluding diaryl/α,β-unsaturated/α-hetero) is 1. The van der Waals surface area contributed by atoms with E-state index in [1.54, 1.807) is 12.3 Å². The zero-order valence-corrected chi connectivity index (χ0v) is 15.6. The number of amides is 2. The molecule has 0 spiro atoms. The summed E-state index contributed by atoms with van der Waals surface area (Å²) in [4.78, 5) is 44.6. The Morgan fingerprint density at radius 2 is 2.21 bits per heavy atom. The van der Waals surface area contributed by atoms with Gasteiger partial charge >= 0.3 is 0 Å². The first kappa shape index (κ1) is 18.3. The van der Waals surface area contributed by atoms with Crippen LogP contribution in [-0.4, -0.2) is 52.9 Å². The van der Waals surface area contributed by atoms with E-state index in [0.29, 0.717) is 10.6 Å². The van der Waals surface area contributed by atoms with Gasteiger partial charge in [0.2, 0.25) is 5.91 Å². The van der Waals surface area contributed by atoms with Gasteiger partial charge in [-0.2, -0.15) is 0 Å². The minimum atomic E-state index is -0.855. The minimum Gasteiger partial charge on any atom is -0.371 e. The lowest BCUT2D eigenvalue weighted by Gasteiger charge is -2.19. The Kier molecular flexibility index (Phi) is 5.18. The number of imidazole rings is 1. The topological polar surface area (TPSA) is 113 Å². The molecule has 3 heterocycles. The van der Waals surface area contributed by atoms with E-state index < -0.39 is 18.0 Å². The summed E-state index contributed by atoms with van der Waals surface area (Å²) in [6.07, 6.45) is 3.33. The van der Waals surface area contributed by atoms with Gasteiger partial charge in [-0.3, -0.25) is 14.4 Å². The first-order valence-corrected chi connectivity index (χ1v) is 9.59. The van der Waals surface area contributed by atoms with Crippen molar-refractivity contribution in [1.82, 2.24) is 20.6 Å². The lowest BCUT2D eigenvalue weighted by Crippen LogP contribution is -2.52. The number of nitrogens with zero attached hydrogens (tertiary/aromatic N) is 1. The molecule has 2 aromatic heterocycles. The highest BCUT2D eigenvalue weighted by Gasteiger charge is 2.31. The highest BCUT2D eigenvalue weighted by molar-refractivity contribution is 7.20. The maximum Gasteiger partial charge on any atom is 0.262 e. The number of nitrogens with one attached hydrogen (secondary N) is 3. The van der Waals surface area contributed by atoms with Gasteiger partial charge in [-0.05, 0) is 17.5 Å². The molecule has 1 fully saturated rings. The number of aromatic nitrogens is 2. The van der Waals surface area contributed by atoms with Crippen LogP contribution >= 0.6 is 11.3 Å². The molecule has 8 nitrogen and oxygen atoms in total. The standard InChI is InChI=1S/C19H18N4O4S/c24-15-9-27-8-14(15)23-18(25)13(6-12-7-20-10-21-12)22-19(26)17-5-11-3-1-2-4-16(11)28-17/h1-5,7,10,13-14H,6,8-9H2,(H,20,21)(H,22,26)(H,23,25)/t13-,14?/m0/s1. The number of carbonyl (C=O) groups excluding carboxylic acids is 3. The maximum atomic E-state index is 12.8. The second kappa shape index (κ2) is 7.91. The van der Waals surface area contributed by atoms with Crippen LogP contribution in [0.15, 0.2) is 42.9 Å². The summed E-state index contributed by atoms with van der Waals surface area (Å²) in [5, 5.41) is 6.42. The van der Waals surface area contributed by atoms with Crippen LogP contribution in [0.3, 0.4) is 0 Å². The van der Waals surface area contributed by atoms with Crippen molar-refractivity contribution >= 4 is 39.0 Å². The Hall–Kier alpha value is -3.04. The van der Waals surface area contributed by atoms with Crippen LogP contribution in [0, 0.1) is 0 Å². The predicted molar refractivity (Wildman–Crippen MR) is 103 cm³/mol. The van der Waals surface area contributed by atoms with Gasteiger partial charge in [-0.15, -0.1) is 11.3 Å². The van der Waals surface area contributed by atoms with Crippen LogP contribution in [0.2, 0.25) is 0 Å². The summed E-state index contributed by atoms with van der Waals surface area (Å²) in [5.41, 5.74) is 0.700. The normalized spacial score (nSPS) is 17.6. The Morgan fingerprint density at radius 3 is 2.93 bits per heavy atom. The van der Waals surface area contributed by atoms with Crippen molar-refractivity contribution in [3.8, 4) is 0 Å². The number of rotatable bonds is 6. The van der Waals surface area contributed by atoms with Crippen LogP contribution in [0.5, 0.6) is 0 Å². The monoisotopic (exact) mass is 398 g/mol. The first-order chi connectivity index (χ1) is 13.6. The molecule has 28 heavy (non-hydrogen) atoms. The number of hydrogen-bond acceptors (Lipinski definition) is 6. The third-order valence-electron chi connectivity index (χ3n) is 4.48. The van der Waals surface area contributed by atoms with Gasteiger partial charge in [0.25, 0.3) is 5.91 Å². The quantitative estimate of drug-likeness (QED) is 0.574. The van der Waals surface area contributed by atoms with E-state index in [2.05, 4.69) is 20.6 Å². The molecule has 1 aliphatic rings. The average molecular weight is 398 g/mol. The van der Waals surface area contributed by atoms with E-state index in [-0.39, 0.29) is 31.3 Å². The van der Waals surface area contributed by atoms with Crippen molar-refractivity contribution in [2.75, 3.05) is 13.2 Å². The number of thiophene rings is 1. The van der Waals surface area contributed by atoms with Crippen molar-refractivity contribution in [2.24, 2.45) is 0 Å². The molecule has 0 radical (unpaired) electrons. The smallest absolute Gasteiger partial charge is 0.262 e. The largest absolute Gasteiger partial charge is 0.371 e. The number of fused-ring (bicyclic) bond motifs is 1. The molecular weight excluding hydrogens is 380 g/mol. The average Bonchev–Trinajstić information content (AvgIpc) is 3.42. The maximum absolute atomic E-state index is 12.8. The van der Waals surface area contributed by atoms with Crippen molar-refractivity contribution in [2.45, 2.75) is 18.5 Å². The summed E-state index contributed by atoms with van der Waals surface area (Å²) < 4.78 is 6.07. The van der Waals surface area contributed by atoms with E-state index >= 15 is 0 Å². The molecule has 1 aromatic carbocycles. The molecule has 1 aliphatic heterocycles. The number of aromatic amines is 1. The van der Waals surface area contributed by atoms with Gasteiger partial charge in [-0.25, -0.2) is 4.98 Å². The Morgan fingerprint density at radius 1 is 1.36 bits per heavy atom. The molecule has 2 atom stereocenters. The fourth-order valence-electron chi connectivity index (χ4n) is 3.01. The number of hydrogen-bond donors (Lipinski definition) is 3. The zero-order valence-electron chi connectivity index (χ0n) is 14.8. The van der Waals surface area contributed by atoms with Crippen LogP contribution in [0.1, 0.15) is 15.4 Å². The van der Waals surface area contributed by atoms with E-state index in [1.165, 1.54) is 17.7 Å². The van der Waals surface area contributed by atoms with Crippen LogP contribution < -0.4 is 10.6 Å². The Balaban J connectivity index is 1.51. The SMILES string of the molecule is O=C(N[C@@H](Cc1cnc[nH]1)C(=O)NC1COCC1=O)c1cc2ccccc2s1. The summed E-state index contributed by atoms with van der Waals surface area (Å²) in [6.45, 7) is 0.135. The molecule has 3 aromatic rings. The number of ketones is 1. The summed E-state index contributed by atoms with van der Waals surface area (Å²) >= 11 is 1.36. The van der Waals surface area contributed by atoms with E-state index in [1.807, 2.05) is 24.3 Å². The van der Waals surface area contributed by atoms with Crippen molar-refractivity contribution < 1.29 is 19.1 Å². The fourth-order valence-corrected chi connectivity index (χ4v) is 3.98. The molecular formula is C19H18N4O4S. The van der Waals surface area contributed by atoms with Crippen LogP contribution in [-0.2, 0) is 20.7 Å². The van der Waals surface area contributed by atoms with Gasteiger partial charge in [0, 0.05) is 23.0 Å². The highest BCUT2D eigenvalue weighted by Crippen LogP contribution is 2.25. The van der Waals surface area contributed by atoms with Crippen molar-refractivity contribution in [3.05, 3.63) is 53.4 Å². The van der Waals surface area contributed by atoms with Crippen LogP contribution in [0.25, 0.3) is 10.1 Å². The predicted octanol–water partition coefficient (Wildman–Crippen LogP) is 1.05. The molecule has 0 aliphatic carbocycles. The first-order valence-electron chi connectivity index (χ1n) is 8.77. The number of benzene rings is 1. The number of carbonyl (C=O) groups is 3. The van der Waals surface area contributed by atoms with E-state index in [4.69, 9.17) is 4.74 Å². The zero-order chi connectivity index (χ0) is 19.5. The summed E-state index contributed by atoms with van der Waals surface area (Å²) in [5.74, 6) is -0.952. The fraction of sp³-hybridized carbons (Fsp3) is 0.263. The Bertz CT molecular complexity index is 981. The number of H-pyrrole nitrogens is 1. The number of ether oxygens (including phenoxy) is 1. The van der Waals surface area contributed by atoms with Gasteiger partial charge < -0.3 is 20.4 Å². The van der Waals surface area contributed by atoms with Gasteiger partial charge in [0.1, 0.15) is 18.7 Å². The molecule has 0 bridgehead atoms.